The summed E-state index contributed by atoms with van der Waals surface area (Å²) in [4.78, 5) is 72.9. The minimum absolute atomic E-state index is 0.106. The number of ether oxygens (including phenoxy) is 4. The van der Waals surface area contributed by atoms with Crippen molar-refractivity contribution in [3.63, 3.8) is 0 Å². The van der Waals surface area contributed by atoms with E-state index in [4.69, 9.17) is 37.0 Å². The fourth-order valence-electron chi connectivity index (χ4n) is 12.1. The van der Waals surface area contributed by atoms with E-state index in [9.17, 15) is 43.2 Å². The molecule has 0 spiro atoms. The monoisotopic (exact) mass is 1440 g/mol. The Morgan fingerprint density at radius 3 is 0.633 bits per heavy atom. The van der Waals surface area contributed by atoms with Crippen LogP contribution in [0.3, 0.4) is 0 Å². The van der Waals surface area contributed by atoms with Gasteiger partial charge in [0.25, 0.3) is 0 Å². The van der Waals surface area contributed by atoms with Crippen molar-refractivity contribution in [2.24, 2.45) is 23.7 Å². The van der Waals surface area contributed by atoms with Crippen molar-refractivity contribution >= 4 is 39.5 Å². The quantitative estimate of drug-likeness (QED) is 0.0222. The smallest absolute Gasteiger partial charge is 0.462 e. The fraction of sp³-hybridized carbons (Fsp3) is 0.949. The number of aliphatic hydroxyl groups excluding tert-OH is 1. The number of aliphatic hydroxyl groups is 1. The molecule has 3 unspecified atom stereocenters. The first kappa shape index (κ1) is 96.1. The van der Waals surface area contributed by atoms with Crippen LogP contribution in [0.1, 0.15) is 402 Å². The van der Waals surface area contributed by atoms with Crippen molar-refractivity contribution in [3.8, 4) is 0 Å². The van der Waals surface area contributed by atoms with Crippen molar-refractivity contribution in [2.75, 3.05) is 39.6 Å². The Morgan fingerprint density at radius 1 is 0.255 bits per heavy atom. The second kappa shape index (κ2) is 68.2. The van der Waals surface area contributed by atoms with Crippen molar-refractivity contribution in [1.82, 2.24) is 0 Å². The molecule has 0 radical (unpaired) electrons. The van der Waals surface area contributed by atoms with Crippen LogP contribution in [0.4, 0.5) is 0 Å². The normalized spacial score (nSPS) is 14.1. The highest BCUT2D eigenvalue weighted by atomic mass is 31.2. The van der Waals surface area contributed by atoms with Gasteiger partial charge in [-0.25, -0.2) is 9.13 Å². The Labute approximate surface area is 600 Å². The van der Waals surface area contributed by atoms with E-state index in [0.717, 1.165) is 114 Å². The maximum atomic E-state index is 13.1. The average molecular weight is 1440 g/mol. The molecule has 0 rings (SSSR count). The van der Waals surface area contributed by atoms with Gasteiger partial charge < -0.3 is 33.8 Å². The third kappa shape index (κ3) is 72.4. The maximum absolute atomic E-state index is 13.1. The Kier molecular flexibility index (Phi) is 66.8. The minimum Gasteiger partial charge on any atom is -0.462 e. The Morgan fingerprint density at radius 2 is 0.429 bits per heavy atom. The molecule has 0 saturated carbocycles. The van der Waals surface area contributed by atoms with Crippen LogP contribution in [-0.2, 0) is 65.4 Å². The summed E-state index contributed by atoms with van der Waals surface area (Å²) >= 11 is 0. The highest BCUT2D eigenvalue weighted by Gasteiger charge is 2.30. The highest BCUT2D eigenvalue weighted by molar-refractivity contribution is 7.47. The summed E-state index contributed by atoms with van der Waals surface area (Å²) in [6.07, 6.45) is 54.2. The molecule has 0 aromatic heterocycles. The zero-order valence-electron chi connectivity index (χ0n) is 64.4. The van der Waals surface area contributed by atoms with E-state index in [1.54, 1.807) is 0 Å². The van der Waals surface area contributed by atoms with E-state index in [0.29, 0.717) is 31.6 Å². The fourth-order valence-corrected chi connectivity index (χ4v) is 13.7. The molecular formula is C79H154O17P2. The lowest BCUT2D eigenvalue weighted by Gasteiger charge is -2.21. The molecule has 19 heteroatoms. The molecule has 582 valence electrons. The van der Waals surface area contributed by atoms with Crippen LogP contribution in [0.5, 0.6) is 0 Å². The van der Waals surface area contributed by atoms with Crippen LogP contribution in [0.15, 0.2) is 0 Å². The lowest BCUT2D eigenvalue weighted by Crippen LogP contribution is -2.30. The van der Waals surface area contributed by atoms with Crippen molar-refractivity contribution < 1.29 is 80.2 Å². The van der Waals surface area contributed by atoms with Gasteiger partial charge in [-0.1, -0.05) is 351 Å². The summed E-state index contributed by atoms with van der Waals surface area (Å²) in [7, 11) is -9.92. The van der Waals surface area contributed by atoms with Gasteiger partial charge in [-0.05, 0) is 49.4 Å². The standard InChI is InChI=1S/C79H154O17P2/c1-69(2)55-47-39-31-24-18-14-10-9-11-17-21-28-36-45-53-61-78(83)96-75(66-90-77(82)60-52-44-38-30-34-42-50-58-72(7)8)68-94-98(87,88)92-64-73(80)63-91-97(85,86)93-67-74(95-79(84)62-54-46-37-29-23-22-26-33-41-49-57-71(5)6)65-89-76(81)59-51-43-35-27-20-16-13-12-15-19-25-32-40-48-56-70(3)4/h69-75,80H,9-68H2,1-8H3,(H,85,86)(H,87,88)/t73?,74-,75-/m1/s1. The molecule has 0 amide bonds. The molecule has 0 saturated heterocycles. The number of rotatable bonds is 76. The number of hydrogen-bond acceptors (Lipinski definition) is 15. The van der Waals surface area contributed by atoms with E-state index >= 15 is 0 Å². The third-order valence-electron chi connectivity index (χ3n) is 18.3. The van der Waals surface area contributed by atoms with E-state index in [2.05, 4.69) is 55.4 Å². The first-order valence-corrected chi connectivity index (χ1v) is 43.7. The summed E-state index contributed by atoms with van der Waals surface area (Å²) in [5.41, 5.74) is 0. The van der Waals surface area contributed by atoms with Crippen LogP contribution in [0.2, 0.25) is 0 Å². The van der Waals surface area contributed by atoms with E-state index in [-0.39, 0.29) is 25.7 Å². The van der Waals surface area contributed by atoms with Gasteiger partial charge in [0.2, 0.25) is 0 Å². The number of phosphoric ester groups is 2. The number of carbonyl (C=O) groups is 4. The molecule has 0 aromatic rings. The molecule has 0 aliphatic heterocycles. The largest absolute Gasteiger partial charge is 0.472 e. The topological polar surface area (TPSA) is 237 Å². The highest BCUT2D eigenvalue weighted by Crippen LogP contribution is 2.45. The SMILES string of the molecule is CC(C)CCCCCCCCCCCCCCCCCC(=O)O[C@H](COC(=O)CCCCCCCCCC(C)C)COP(=O)(O)OCC(O)COP(=O)(O)OC[C@@H](COC(=O)CCCCCCCCCCCCCCCCC(C)C)OC(=O)CCCCCCCCCCCCC(C)C. The van der Waals surface area contributed by atoms with Crippen LogP contribution < -0.4 is 0 Å². The van der Waals surface area contributed by atoms with Crippen LogP contribution >= 0.6 is 15.6 Å². The van der Waals surface area contributed by atoms with E-state index < -0.39 is 97.5 Å². The molecule has 0 bridgehead atoms. The summed E-state index contributed by atoms with van der Waals surface area (Å²) < 4.78 is 68.6. The van der Waals surface area contributed by atoms with Gasteiger partial charge in [-0.15, -0.1) is 0 Å². The van der Waals surface area contributed by atoms with Gasteiger partial charge in [0, 0.05) is 25.7 Å². The summed E-state index contributed by atoms with van der Waals surface area (Å²) in [5.74, 6) is 0.942. The first-order chi connectivity index (χ1) is 47.1. The second-order valence-electron chi connectivity index (χ2n) is 30.4. The molecular weight excluding hydrogens is 1280 g/mol. The number of carbonyl (C=O) groups excluding carboxylic acids is 4. The molecule has 0 heterocycles. The lowest BCUT2D eigenvalue weighted by atomic mass is 10.0. The first-order valence-electron chi connectivity index (χ1n) is 40.7. The third-order valence-corrected chi connectivity index (χ3v) is 20.2. The molecule has 0 aromatic carbocycles. The van der Waals surface area contributed by atoms with Gasteiger partial charge in [0.1, 0.15) is 19.3 Å². The zero-order valence-corrected chi connectivity index (χ0v) is 66.2. The Bertz CT molecular complexity index is 1920. The average Bonchev–Trinajstić information content (AvgIpc) is 1.04. The molecule has 5 atom stereocenters. The van der Waals surface area contributed by atoms with Gasteiger partial charge in [0.15, 0.2) is 12.2 Å². The van der Waals surface area contributed by atoms with Gasteiger partial charge >= 0.3 is 39.5 Å². The Balaban J connectivity index is 5.22. The lowest BCUT2D eigenvalue weighted by molar-refractivity contribution is -0.161. The summed E-state index contributed by atoms with van der Waals surface area (Å²) in [5, 5.41) is 10.6. The van der Waals surface area contributed by atoms with Crippen molar-refractivity contribution in [2.45, 2.75) is 420 Å². The maximum Gasteiger partial charge on any atom is 0.472 e. The minimum atomic E-state index is -4.96. The van der Waals surface area contributed by atoms with Crippen LogP contribution in [0, 0.1) is 23.7 Å². The number of hydrogen-bond donors (Lipinski definition) is 3. The van der Waals surface area contributed by atoms with E-state index in [1.807, 2.05) is 0 Å². The predicted octanol–water partition coefficient (Wildman–Crippen LogP) is 23.2. The van der Waals surface area contributed by atoms with Crippen molar-refractivity contribution in [1.29, 1.82) is 0 Å². The summed E-state index contributed by atoms with van der Waals surface area (Å²) in [6, 6.07) is 0. The predicted molar refractivity (Wildman–Crippen MR) is 400 cm³/mol. The Hall–Kier alpha value is -1.94. The van der Waals surface area contributed by atoms with E-state index in [1.165, 1.54) is 199 Å². The summed E-state index contributed by atoms with van der Waals surface area (Å²) in [6.45, 7) is 14.2. The van der Waals surface area contributed by atoms with Gasteiger partial charge in [0.05, 0.1) is 26.4 Å². The number of unbranched alkanes of at least 4 members (excludes halogenated alkanes) is 42. The van der Waals surface area contributed by atoms with Crippen LogP contribution in [-0.4, -0.2) is 96.7 Å². The molecule has 0 aliphatic rings. The van der Waals surface area contributed by atoms with Gasteiger partial charge in [-0.2, -0.15) is 0 Å². The van der Waals surface area contributed by atoms with Crippen molar-refractivity contribution in [3.05, 3.63) is 0 Å². The zero-order chi connectivity index (χ0) is 72.4. The van der Waals surface area contributed by atoms with Gasteiger partial charge in [-0.3, -0.25) is 37.3 Å². The molecule has 17 nitrogen and oxygen atoms in total. The van der Waals surface area contributed by atoms with Crippen LogP contribution in [0.25, 0.3) is 0 Å². The molecule has 0 fully saturated rings. The molecule has 3 N–H and O–H groups in total. The second-order valence-corrected chi connectivity index (χ2v) is 33.3. The number of phosphoric acid groups is 2. The molecule has 0 aliphatic carbocycles. The molecule has 98 heavy (non-hydrogen) atoms. The number of esters is 4.